The van der Waals surface area contributed by atoms with E-state index < -0.39 is 0 Å². The number of amides is 1. The molecule has 126 valence electrons. The number of hydrogen-bond donors (Lipinski definition) is 2. The second kappa shape index (κ2) is 5.66. The SMILES string of the molecule is COc1ccc(-c2n[nH]c3c2[C@H](c2ccc(O)cc2)N(C)C3=O)cc1. The molecular weight excluding hydrogens is 318 g/mol. The van der Waals surface area contributed by atoms with Gasteiger partial charge in [-0.1, -0.05) is 12.1 Å². The maximum Gasteiger partial charge on any atom is 0.272 e. The molecule has 6 heteroatoms. The Bertz CT molecular complexity index is 930. The summed E-state index contributed by atoms with van der Waals surface area (Å²) in [6, 6.07) is 14.2. The number of aromatic hydroxyl groups is 1. The molecule has 0 aliphatic carbocycles. The van der Waals surface area contributed by atoms with Gasteiger partial charge in [-0.15, -0.1) is 0 Å². The first kappa shape index (κ1) is 15.3. The van der Waals surface area contributed by atoms with Crippen LogP contribution in [0, 0.1) is 0 Å². The molecule has 2 N–H and O–H groups in total. The number of carbonyl (C=O) groups is 1. The van der Waals surface area contributed by atoms with E-state index in [0.717, 1.165) is 28.1 Å². The molecule has 1 aliphatic heterocycles. The number of rotatable bonds is 3. The molecular formula is C19H17N3O3. The van der Waals surface area contributed by atoms with Gasteiger partial charge in [0.15, 0.2) is 0 Å². The monoisotopic (exact) mass is 335 g/mol. The molecule has 0 unspecified atom stereocenters. The number of nitrogens with one attached hydrogen (secondary N) is 1. The smallest absolute Gasteiger partial charge is 0.272 e. The van der Waals surface area contributed by atoms with Crippen LogP contribution >= 0.6 is 0 Å². The molecule has 0 bridgehead atoms. The molecule has 0 saturated carbocycles. The molecule has 2 heterocycles. The number of fused-ring (bicyclic) bond motifs is 1. The number of aromatic amines is 1. The van der Waals surface area contributed by atoms with Gasteiger partial charge < -0.3 is 14.7 Å². The first-order valence-electron chi connectivity index (χ1n) is 7.89. The molecule has 0 radical (unpaired) electrons. The molecule has 0 spiro atoms. The van der Waals surface area contributed by atoms with Crippen molar-refractivity contribution in [3.63, 3.8) is 0 Å². The van der Waals surface area contributed by atoms with E-state index in [2.05, 4.69) is 10.2 Å². The minimum Gasteiger partial charge on any atom is -0.508 e. The highest BCUT2D eigenvalue weighted by molar-refractivity contribution is 6.00. The minimum atomic E-state index is -0.251. The highest BCUT2D eigenvalue weighted by Crippen LogP contribution is 2.42. The van der Waals surface area contributed by atoms with E-state index >= 15 is 0 Å². The number of benzene rings is 2. The molecule has 25 heavy (non-hydrogen) atoms. The lowest BCUT2D eigenvalue weighted by Gasteiger charge is -2.22. The normalized spacial score (nSPS) is 16.2. The van der Waals surface area contributed by atoms with Crippen LogP contribution < -0.4 is 4.74 Å². The summed E-state index contributed by atoms with van der Waals surface area (Å²) < 4.78 is 5.20. The number of nitrogens with zero attached hydrogens (tertiary/aromatic N) is 2. The predicted molar refractivity (Wildman–Crippen MR) is 92.6 cm³/mol. The van der Waals surface area contributed by atoms with Gasteiger partial charge in [-0.3, -0.25) is 9.89 Å². The van der Waals surface area contributed by atoms with Crippen molar-refractivity contribution in [2.24, 2.45) is 0 Å². The fraction of sp³-hybridized carbons (Fsp3) is 0.158. The average Bonchev–Trinajstić information content (AvgIpc) is 3.16. The summed E-state index contributed by atoms with van der Waals surface area (Å²) >= 11 is 0. The van der Waals surface area contributed by atoms with E-state index in [4.69, 9.17) is 4.74 Å². The molecule has 1 aromatic heterocycles. The molecule has 1 amide bonds. The Hall–Kier alpha value is -3.28. The van der Waals surface area contributed by atoms with Crippen LogP contribution in [0.1, 0.15) is 27.7 Å². The van der Waals surface area contributed by atoms with E-state index in [1.165, 1.54) is 0 Å². The summed E-state index contributed by atoms with van der Waals surface area (Å²) in [5.41, 5.74) is 3.93. The van der Waals surface area contributed by atoms with Crippen molar-refractivity contribution in [1.29, 1.82) is 0 Å². The van der Waals surface area contributed by atoms with Crippen LogP contribution in [0.3, 0.4) is 0 Å². The Kier molecular flexibility index (Phi) is 3.46. The van der Waals surface area contributed by atoms with Crippen LogP contribution in [-0.2, 0) is 0 Å². The van der Waals surface area contributed by atoms with Gasteiger partial charge in [0.1, 0.15) is 17.2 Å². The van der Waals surface area contributed by atoms with Gasteiger partial charge in [-0.2, -0.15) is 5.10 Å². The third-order valence-corrected chi connectivity index (χ3v) is 4.57. The minimum absolute atomic E-state index is 0.0969. The zero-order valence-corrected chi connectivity index (χ0v) is 13.9. The molecule has 6 nitrogen and oxygen atoms in total. The molecule has 0 fully saturated rings. The number of H-pyrrole nitrogens is 1. The van der Waals surface area contributed by atoms with Gasteiger partial charge >= 0.3 is 0 Å². The van der Waals surface area contributed by atoms with Crippen molar-refractivity contribution < 1.29 is 14.6 Å². The Morgan fingerprint density at radius 2 is 1.80 bits per heavy atom. The van der Waals surface area contributed by atoms with Crippen LogP contribution in [0.15, 0.2) is 48.5 Å². The lowest BCUT2D eigenvalue weighted by Crippen LogP contribution is -2.24. The molecule has 1 atom stereocenters. The highest BCUT2D eigenvalue weighted by Gasteiger charge is 2.40. The molecule has 3 aromatic rings. The number of phenols is 1. The lowest BCUT2D eigenvalue weighted by atomic mass is 9.96. The zero-order chi connectivity index (χ0) is 17.6. The molecule has 0 saturated heterocycles. The van der Waals surface area contributed by atoms with Crippen molar-refractivity contribution in [2.45, 2.75) is 6.04 Å². The van der Waals surface area contributed by atoms with E-state index in [9.17, 15) is 9.90 Å². The second-order valence-electron chi connectivity index (χ2n) is 6.00. The van der Waals surface area contributed by atoms with Crippen LogP contribution in [0.4, 0.5) is 0 Å². The van der Waals surface area contributed by atoms with E-state index in [1.54, 1.807) is 31.2 Å². The Morgan fingerprint density at radius 1 is 1.12 bits per heavy atom. The van der Waals surface area contributed by atoms with Crippen LogP contribution in [0.25, 0.3) is 11.3 Å². The summed E-state index contributed by atoms with van der Waals surface area (Å²) in [5.74, 6) is 0.859. The van der Waals surface area contributed by atoms with Crippen molar-refractivity contribution >= 4 is 5.91 Å². The summed E-state index contributed by atoms with van der Waals surface area (Å²) in [5, 5.41) is 16.8. The van der Waals surface area contributed by atoms with Crippen molar-refractivity contribution in [2.75, 3.05) is 14.2 Å². The number of aromatic nitrogens is 2. The number of phenolic OH excluding ortho intramolecular Hbond substituents is 1. The molecule has 4 rings (SSSR count). The highest BCUT2D eigenvalue weighted by atomic mass is 16.5. The first-order valence-corrected chi connectivity index (χ1v) is 7.89. The number of methoxy groups -OCH3 is 1. The largest absolute Gasteiger partial charge is 0.508 e. The average molecular weight is 335 g/mol. The fourth-order valence-electron chi connectivity index (χ4n) is 3.28. The number of hydrogen-bond acceptors (Lipinski definition) is 4. The van der Waals surface area contributed by atoms with Crippen LogP contribution in [0.2, 0.25) is 0 Å². The fourth-order valence-corrected chi connectivity index (χ4v) is 3.28. The number of ether oxygens (including phenoxy) is 1. The Balaban J connectivity index is 1.84. The van der Waals surface area contributed by atoms with Crippen molar-refractivity contribution in [3.8, 4) is 22.8 Å². The third kappa shape index (κ3) is 2.34. The summed E-state index contributed by atoms with van der Waals surface area (Å²) in [4.78, 5) is 14.3. The summed E-state index contributed by atoms with van der Waals surface area (Å²) in [7, 11) is 3.39. The first-order chi connectivity index (χ1) is 12.1. The number of carbonyl (C=O) groups excluding carboxylic acids is 1. The van der Waals surface area contributed by atoms with Gasteiger partial charge in [-0.25, -0.2) is 0 Å². The van der Waals surface area contributed by atoms with E-state index in [1.807, 2.05) is 36.4 Å². The maximum atomic E-state index is 12.6. The summed E-state index contributed by atoms with van der Waals surface area (Å²) in [6.45, 7) is 0. The van der Waals surface area contributed by atoms with Crippen LogP contribution in [-0.4, -0.2) is 40.3 Å². The second-order valence-corrected chi connectivity index (χ2v) is 6.00. The van der Waals surface area contributed by atoms with E-state index in [-0.39, 0.29) is 17.7 Å². The van der Waals surface area contributed by atoms with Crippen molar-refractivity contribution in [1.82, 2.24) is 15.1 Å². The van der Waals surface area contributed by atoms with E-state index in [0.29, 0.717) is 5.69 Å². The van der Waals surface area contributed by atoms with Gasteiger partial charge in [0.25, 0.3) is 5.91 Å². The predicted octanol–water partition coefficient (Wildman–Crippen LogP) is 2.97. The zero-order valence-electron chi connectivity index (χ0n) is 13.9. The Labute approximate surface area is 144 Å². The molecule has 1 aliphatic rings. The maximum absolute atomic E-state index is 12.6. The Morgan fingerprint density at radius 3 is 2.44 bits per heavy atom. The molecule has 2 aromatic carbocycles. The quantitative estimate of drug-likeness (QED) is 0.771. The van der Waals surface area contributed by atoms with Gasteiger partial charge in [0.2, 0.25) is 0 Å². The van der Waals surface area contributed by atoms with Crippen LogP contribution in [0.5, 0.6) is 11.5 Å². The van der Waals surface area contributed by atoms with Crippen molar-refractivity contribution in [3.05, 3.63) is 65.4 Å². The van der Waals surface area contributed by atoms with Gasteiger partial charge in [0, 0.05) is 18.2 Å². The third-order valence-electron chi connectivity index (χ3n) is 4.57. The standard InChI is InChI=1S/C19H17N3O3/c1-22-18(12-3-7-13(23)8-4-12)15-16(20-21-17(15)19(22)24)11-5-9-14(25-2)10-6-11/h3-10,18,23H,1-2H3,(H,20,21)/t18-/m0/s1. The van der Waals surface area contributed by atoms with Gasteiger partial charge in [-0.05, 0) is 42.0 Å². The summed E-state index contributed by atoms with van der Waals surface area (Å²) in [6.07, 6.45) is 0. The topological polar surface area (TPSA) is 78.5 Å². The lowest BCUT2D eigenvalue weighted by molar-refractivity contribution is 0.0788. The van der Waals surface area contributed by atoms with Gasteiger partial charge in [0.05, 0.1) is 18.8 Å².